The van der Waals surface area contributed by atoms with Gasteiger partial charge in [-0.2, -0.15) is 5.10 Å². The van der Waals surface area contributed by atoms with Crippen LogP contribution in [-0.2, 0) is 6.54 Å². The predicted molar refractivity (Wildman–Crippen MR) is 61.7 cm³/mol. The number of anilines is 1. The molecule has 19 heavy (non-hydrogen) atoms. The van der Waals surface area contributed by atoms with Crippen LogP contribution in [-0.4, -0.2) is 21.1 Å². The molecule has 0 unspecified atom stereocenters. The number of amides is 1. The van der Waals surface area contributed by atoms with E-state index in [9.17, 15) is 13.6 Å². The van der Waals surface area contributed by atoms with Crippen molar-refractivity contribution < 1.29 is 13.6 Å². The molecule has 0 bridgehead atoms. The fourth-order valence-electron chi connectivity index (χ4n) is 1.42. The van der Waals surface area contributed by atoms with Gasteiger partial charge in [0.2, 0.25) is 0 Å². The molecule has 0 fully saturated rings. The minimum Gasteiger partial charge on any atom is -0.345 e. The minimum atomic E-state index is -0.952. The van der Waals surface area contributed by atoms with E-state index in [4.69, 9.17) is 5.84 Å². The molecule has 1 amide bonds. The summed E-state index contributed by atoms with van der Waals surface area (Å²) >= 11 is 0. The third-order valence-electron chi connectivity index (χ3n) is 2.33. The summed E-state index contributed by atoms with van der Waals surface area (Å²) < 4.78 is 26.8. The van der Waals surface area contributed by atoms with E-state index in [1.54, 1.807) is 0 Å². The van der Waals surface area contributed by atoms with Crippen molar-refractivity contribution in [3.8, 4) is 0 Å². The number of hydrazine groups is 1. The van der Waals surface area contributed by atoms with Gasteiger partial charge in [0, 0.05) is 5.56 Å². The number of hydrogen-bond acceptors (Lipinski definition) is 5. The van der Waals surface area contributed by atoms with Gasteiger partial charge in [-0.3, -0.25) is 15.7 Å². The third kappa shape index (κ3) is 2.83. The Morgan fingerprint density at radius 2 is 2.05 bits per heavy atom. The lowest BCUT2D eigenvalue weighted by Crippen LogP contribution is -2.24. The molecular formula is C10H10F2N6O. The smallest absolute Gasteiger partial charge is 0.251 e. The maximum absolute atomic E-state index is 13.4. The van der Waals surface area contributed by atoms with E-state index < -0.39 is 23.2 Å². The molecule has 0 atom stereocenters. The molecule has 1 aromatic carbocycles. The minimum absolute atomic E-state index is 0.0684. The second-order valence-electron chi connectivity index (χ2n) is 3.57. The van der Waals surface area contributed by atoms with E-state index in [1.165, 1.54) is 6.33 Å². The average molecular weight is 268 g/mol. The fraction of sp³-hybridized carbons (Fsp3) is 0.100. The van der Waals surface area contributed by atoms with Crippen LogP contribution in [0.1, 0.15) is 16.2 Å². The van der Waals surface area contributed by atoms with Crippen molar-refractivity contribution in [2.75, 3.05) is 5.43 Å². The quantitative estimate of drug-likeness (QED) is 0.471. The molecule has 2 aromatic rings. The van der Waals surface area contributed by atoms with Crippen LogP contribution < -0.4 is 16.6 Å². The molecule has 0 radical (unpaired) electrons. The van der Waals surface area contributed by atoms with Crippen LogP contribution in [0.3, 0.4) is 0 Å². The highest BCUT2D eigenvalue weighted by atomic mass is 19.1. The Kier molecular flexibility index (Phi) is 3.66. The topological polar surface area (TPSA) is 109 Å². The van der Waals surface area contributed by atoms with Gasteiger partial charge in [0.25, 0.3) is 5.91 Å². The van der Waals surface area contributed by atoms with Crippen LogP contribution in [0.2, 0.25) is 0 Å². The molecule has 2 rings (SSSR count). The summed E-state index contributed by atoms with van der Waals surface area (Å²) in [7, 11) is 0. The van der Waals surface area contributed by atoms with Crippen molar-refractivity contribution in [2.45, 2.75) is 6.54 Å². The Morgan fingerprint density at radius 3 is 2.58 bits per heavy atom. The Balaban J connectivity index is 2.11. The highest BCUT2D eigenvalue weighted by Crippen LogP contribution is 2.19. The second kappa shape index (κ2) is 5.40. The zero-order valence-corrected chi connectivity index (χ0v) is 9.58. The lowest BCUT2D eigenvalue weighted by molar-refractivity contribution is 0.0949. The number of hydrogen-bond donors (Lipinski definition) is 4. The van der Waals surface area contributed by atoms with E-state index in [1.807, 2.05) is 5.43 Å². The van der Waals surface area contributed by atoms with Crippen LogP contribution in [0.4, 0.5) is 14.5 Å². The molecule has 0 saturated carbocycles. The summed E-state index contributed by atoms with van der Waals surface area (Å²) in [4.78, 5) is 15.5. The number of aromatic amines is 1. The number of carbonyl (C=O) groups excluding carboxylic acids is 1. The van der Waals surface area contributed by atoms with Gasteiger partial charge in [0.15, 0.2) is 11.6 Å². The maximum atomic E-state index is 13.4. The molecule has 0 saturated heterocycles. The summed E-state index contributed by atoms with van der Waals surface area (Å²) in [5, 5.41) is 8.56. The number of aromatic nitrogens is 3. The summed E-state index contributed by atoms with van der Waals surface area (Å²) in [6.45, 7) is 0.0684. The number of H-pyrrole nitrogens is 1. The van der Waals surface area contributed by atoms with Crippen LogP contribution in [0.5, 0.6) is 0 Å². The predicted octanol–water partition coefficient (Wildman–Crippen LogP) is 0.298. The summed E-state index contributed by atoms with van der Waals surface area (Å²) in [5.41, 5.74) is 1.23. The Labute approximate surface area is 106 Å². The molecule has 0 spiro atoms. The molecule has 9 heteroatoms. The van der Waals surface area contributed by atoms with Crippen LogP contribution in [0, 0.1) is 11.6 Å². The van der Waals surface area contributed by atoms with Crippen molar-refractivity contribution in [3.63, 3.8) is 0 Å². The largest absolute Gasteiger partial charge is 0.345 e. The monoisotopic (exact) mass is 268 g/mol. The highest BCUT2D eigenvalue weighted by molar-refractivity contribution is 5.94. The first-order valence-corrected chi connectivity index (χ1v) is 5.20. The van der Waals surface area contributed by atoms with E-state index in [-0.39, 0.29) is 12.1 Å². The Bertz CT molecular complexity index is 563. The second-order valence-corrected chi connectivity index (χ2v) is 3.57. The van der Waals surface area contributed by atoms with Crippen molar-refractivity contribution in [2.24, 2.45) is 5.84 Å². The molecule has 100 valence electrons. The summed E-state index contributed by atoms with van der Waals surface area (Å²) in [5.74, 6) is 2.83. The zero-order chi connectivity index (χ0) is 13.8. The number of nitrogens with two attached hydrogens (primary N) is 1. The lowest BCUT2D eigenvalue weighted by atomic mass is 10.1. The van der Waals surface area contributed by atoms with Crippen LogP contribution in [0.15, 0.2) is 18.5 Å². The van der Waals surface area contributed by atoms with Crippen molar-refractivity contribution in [1.29, 1.82) is 0 Å². The molecule has 1 heterocycles. The van der Waals surface area contributed by atoms with Crippen molar-refractivity contribution >= 4 is 11.6 Å². The molecule has 1 aromatic heterocycles. The van der Waals surface area contributed by atoms with Crippen LogP contribution in [0.25, 0.3) is 0 Å². The number of nitrogens with one attached hydrogen (secondary N) is 3. The number of nitrogen functional groups attached to an aromatic ring is 1. The number of rotatable bonds is 4. The first-order valence-electron chi connectivity index (χ1n) is 5.20. The van der Waals surface area contributed by atoms with Gasteiger partial charge in [-0.05, 0) is 12.1 Å². The van der Waals surface area contributed by atoms with Gasteiger partial charge in [-0.25, -0.2) is 13.8 Å². The first-order chi connectivity index (χ1) is 9.11. The Morgan fingerprint density at radius 1 is 1.37 bits per heavy atom. The van der Waals surface area contributed by atoms with E-state index in [0.717, 1.165) is 12.1 Å². The summed E-state index contributed by atoms with van der Waals surface area (Å²) in [6, 6.07) is 1.77. The molecular weight excluding hydrogens is 258 g/mol. The van der Waals surface area contributed by atoms with E-state index in [0.29, 0.717) is 5.82 Å². The van der Waals surface area contributed by atoms with Crippen LogP contribution >= 0.6 is 0 Å². The number of benzene rings is 1. The maximum Gasteiger partial charge on any atom is 0.251 e. The SMILES string of the molecule is NNc1c(F)cc(C(=O)NCc2ncn[nH]2)cc1F. The number of nitrogens with zero attached hydrogens (tertiary/aromatic N) is 2. The fourth-order valence-corrected chi connectivity index (χ4v) is 1.42. The van der Waals surface area contributed by atoms with Gasteiger partial charge in [-0.1, -0.05) is 0 Å². The molecule has 0 aliphatic rings. The van der Waals surface area contributed by atoms with Gasteiger partial charge in [-0.15, -0.1) is 0 Å². The summed E-state index contributed by atoms with van der Waals surface area (Å²) in [6.07, 6.45) is 1.28. The van der Waals surface area contributed by atoms with E-state index in [2.05, 4.69) is 20.5 Å². The number of halogens is 2. The van der Waals surface area contributed by atoms with Gasteiger partial charge in [0.05, 0.1) is 6.54 Å². The van der Waals surface area contributed by atoms with Gasteiger partial charge in [0.1, 0.15) is 17.8 Å². The van der Waals surface area contributed by atoms with Gasteiger partial charge >= 0.3 is 0 Å². The molecule has 7 nitrogen and oxygen atoms in total. The first kappa shape index (κ1) is 12.9. The third-order valence-corrected chi connectivity index (χ3v) is 2.33. The lowest BCUT2D eigenvalue weighted by Gasteiger charge is -2.07. The average Bonchev–Trinajstić information content (AvgIpc) is 2.88. The van der Waals surface area contributed by atoms with Gasteiger partial charge < -0.3 is 10.7 Å². The highest BCUT2D eigenvalue weighted by Gasteiger charge is 2.14. The standard InChI is InChI=1S/C10H10F2N6O/c11-6-1-5(2-7(12)9(6)17-13)10(19)14-3-8-15-4-16-18-8/h1-2,4,17H,3,13H2,(H,14,19)(H,15,16,18). The van der Waals surface area contributed by atoms with Crippen molar-refractivity contribution in [1.82, 2.24) is 20.5 Å². The molecule has 0 aliphatic carbocycles. The van der Waals surface area contributed by atoms with Crippen molar-refractivity contribution in [3.05, 3.63) is 41.5 Å². The molecule has 5 N–H and O–H groups in total. The molecule has 0 aliphatic heterocycles. The Hall–Kier alpha value is -2.55. The zero-order valence-electron chi connectivity index (χ0n) is 9.58. The number of carbonyl (C=O) groups is 1. The normalized spacial score (nSPS) is 10.3. The van der Waals surface area contributed by atoms with E-state index >= 15 is 0 Å².